The summed E-state index contributed by atoms with van der Waals surface area (Å²) < 4.78 is 16.1. The monoisotopic (exact) mass is 472 g/mol. The number of anilines is 1. The fourth-order valence-corrected chi connectivity index (χ4v) is 4.96. The van der Waals surface area contributed by atoms with E-state index in [0.717, 1.165) is 37.4 Å². The molecule has 1 amide bonds. The van der Waals surface area contributed by atoms with Crippen LogP contribution in [0.3, 0.4) is 0 Å². The van der Waals surface area contributed by atoms with Gasteiger partial charge in [-0.1, -0.05) is 24.3 Å². The number of piperazine rings is 1. The van der Waals surface area contributed by atoms with E-state index in [2.05, 4.69) is 22.2 Å². The van der Waals surface area contributed by atoms with Gasteiger partial charge in [0.2, 0.25) is 5.91 Å². The summed E-state index contributed by atoms with van der Waals surface area (Å²) in [6.07, 6.45) is 0. The van der Waals surface area contributed by atoms with Crippen LogP contribution in [0.5, 0.6) is 0 Å². The van der Waals surface area contributed by atoms with Gasteiger partial charge in [0, 0.05) is 48.2 Å². The SMILES string of the molecule is CC(NC(=O)Cn1c2ccccc2c(=O)c2ccccc21)c1cc(F)ccc1N1CCN(C)CC1. The van der Waals surface area contributed by atoms with Crippen LogP contribution >= 0.6 is 0 Å². The minimum atomic E-state index is -0.384. The zero-order chi connectivity index (χ0) is 24.5. The van der Waals surface area contributed by atoms with Gasteiger partial charge in [-0.3, -0.25) is 9.59 Å². The van der Waals surface area contributed by atoms with Crippen molar-refractivity contribution in [3.63, 3.8) is 0 Å². The minimum absolute atomic E-state index is 0.0437. The van der Waals surface area contributed by atoms with Crippen LogP contribution < -0.4 is 15.6 Å². The maximum absolute atomic E-state index is 14.2. The van der Waals surface area contributed by atoms with Crippen LogP contribution in [0.25, 0.3) is 21.8 Å². The van der Waals surface area contributed by atoms with Crippen molar-refractivity contribution in [2.45, 2.75) is 19.5 Å². The molecule has 7 heteroatoms. The van der Waals surface area contributed by atoms with Crippen molar-refractivity contribution in [2.24, 2.45) is 0 Å². The highest BCUT2D eigenvalue weighted by Crippen LogP contribution is 2.28. The molecule has 0 spiro atoms. The molecule has 1 aromatic heterocycles. The molecule has 0 saturated carbocycles. The third-order valence-electron chi connectivity index (χ3n) is 6.86. The smallest absolute Gasteiger partial charge is 0.240 e. The molecule has 4 aromatic rings. The number of fused-ring (bicyclic) bond motifs is 2. The molecular weight excluding hydrogens is 443 g/mol. The molecule has 1 saturated heterocycles. The van der Waals surface area contributed by atoms with Crippen LogP contribution in [-0.4, -0.2) is 48.6 Å². The number of hydrogen-bond donors (Lipinski definition) is 1. The molecule has 180 valence electrons. The van der Waals surface area contributed by atoms with Crippen LogP contribution in [0.1, 0.15) is 18.5 Å². The number of pyridine rings is 1. The van der Waals surface area contributed by atoms with Crippen LogP contribution in [-0.2, 0) is 11.3 Å². The summed E-state index contributed by atoms with van der Waals surface area (Å²) in [7, 11) is 2.09. The quantitative estimate of drug-likeness (QED) is 0.448. The number of nitrogens with one attached hydrogen (secondary N) is 1. The summed E-state index contributed by atoms with van der Waals surface area (Å²) in [5.74, 6) is -0.526. The number of para-hydroxylation sites is 2. The lowest BCUT2D eigenvalue weighted by Crippen LogP contribution is -2.45. The molecule has 1 aliphatic heterocycles. The first-order valence-electron chi connectivity index (χ1n) is 11.9. The fraction of sp³-hybridized carbons (Fsp3) is 0.286. The molecule has 1 N–H and O–H groups in total. The van der Waals surface area contributed by atoms with Crippen LogP contribution in [0, 0.1) is 5.82 Å². The highest BCUT2D eigenvalue weighted by atomic mass is 19.1. The molecule has 0 bridgehead atoms. The Bertz CT molecular complexity index is 1400. The van der Waals surface area contributed by atoms with Crippen molar-refractivity contribution in [2.75, 3.05) is 38.1 Å². The summed E-state index contributed by atoms with van der Waals surface area (Å²) in [6.45, 7) is 5.50. The number of rotatable bonds is 5. The maximum Gasteiger partial charge on any atom is 0.240 e. The van der Waals surface area contributed by atoms with E-state index >= 15 is 0 Å². The zero-order valence-electron chi connectivity index (χ0n) is 20.0. The Morgan fingerprint density at radius 2 is 1.54 bits per heavy atom. The topological polar surface area (TPSA) is 57.6 Å². The van der Waals surface area contributed by atoms with E-state index in [1.54, 1.807) is 18.2 Å². The Balaban J connectivity index is 1.44. The summed E-state index contributed by atoms with van der Waals surface area (Å²) in [4.78, 5) is 30.7. The van der Waals surface area contributed by atoms with Crippen molar-refractivity contribution in [3.05, 3.63) is 88.3 Å². The standard InChI is InChI=1S/C28H29FN4O2/c1-19(23-17-20(29)11-12-24(23)32-15-13-31(2)14-16-32)30-27(34)18-33-25-9-5-3-7-21(25)28(35)22-8-4-6-10-26(22)33/h3-12,17,19H,13-16,18H2,1-2H3,(H,30,34). The molecule has 1 aliphatic rings. The van der Waals surface area contributed by atoms with E-state index in [4.69, 9.17) is 0 Å². The van der Waals surface area contributed by atoms with Crippen molar-refractivity contribution in [1.82, 2.24) is 14.8 Å². The number of benzene rings is 3. The predicted molar refractivity (Wildman–Crippen MR) is 138 cm³/mol. The molecule has 6 nitrogen and oxygen atoms in total. The molecule has 1 atom stereocenters. The molecule has 0 radical (unpaired) electrons. The average molecular weight is 473 g/mol. The lowest BCUT2D eigenvalue weighted by Gasteiger charge is -2.36. The Labute approximate surface area is 203 Å². The Morgan fingerprint density at radius 3 is 2.17 bits per heavy atom. The van der Waals surface area contributed by atoms with Crippen molar-refractivity contribution in [1.29, 1.82) is 0 Å². The number of hydrogen-bond acceptors (Lipinski definition) is 4. The molecule has 35 heavy (non-hydrogen) atoms. The summed E-state index contributed by atoms with van der Waals surface area (Å²) >= 11 is 0. The number of nitrogens with zero attached hydrogens (tertiary/aromatic N) is 3. The van der Waals surface area contributed by atoms with Gasteiger partial charge in [-0.25, -0.2) is 4.39 Å². The summed E-state index contributed by atoms with van der Waals surface area (Å²) in [6, 6.07) is 19.1. The number of aromatic nitrogens is 1. The fourth-order valence-electron chi connectivity index (χ4n) is 4.96. The third kappa shape index (κ3) is 4.51. The normalized spacial score (nSPS) is 15.5. The zero-order valence-corrected chi connectivity index (χ0v) is 20.0. The van der Waals surface area contributed by atoms with E-state index in [-0.39, 0.29) is 29.7 Å². The molecule has 5 rings (SSSR count). The van der Waals surface area contributed by atoms with Gasteiger partial charge in [0.15, 0.2) is 5.43 Å². The second kappa shape index (κ2) is 9.50. The largest absolute Gasteiger partial charge is 0.369 e. The Kier molecular flexibility index (Phi) is 6.26. The first-order valence-corrected chi connectivity index (χ1v) is 11.9. The van der Waals surface area contributed by atoms with Gasteiger partial charge >= 0.3 is 0 Å². The third-order valence-corrected chi connectivity index (χ3v) is 6.86. The van der Waals surface area contributed by atoms with E-state index < -0.39 is 0 Å². The highest BCUT2D eigenvalue weighted by Gasteiger charge is 2.22. The Morgan fingerprint density at radius 1 is 0.943 bits per heavy atom. The van der Waals surface area contributed by atoms with E-state index in [0.29, 0.717) is 21.8 Å². The van der Waals surface area contributed by atoms with Gasteiger partial charge in [0.25, 0.3) is 0 Å². The second-order valence-corrected chi connectivity index (χ2v) is 9.23. The van der Waals surface area contributed by atoms with Crippen molar-refractivity contribution in [3.8, 4) is 0 Å². The molecule has 1 fully saturated rings. The molecule has 3 aromatic carbocycles. The summed E-state index contributed by atoms with van der Waals surface area (Å²) in [5.41, 5.74) is 3.09. The lowest BCUT2D eigenvalue weighted by atomic mass is 10.0. The molecule has 0 aliphatic carbocycles. The molecule has 2 heterocycles. The van der Waals surface area contributed by atoms with Gasteiger partial charge in [-0.05, 0) is 56.4 Å². The second-order valence-electron chi connectivity index (χ2n) is 9.23. The van der Waals surface area contributed by atoms with Gasteiger partial charge in [0.1, 0.15) is 12.4 Å². The first-order chi connectivity index (χ1) is 16.9. The predicted octanol–water partition coefficient (Wildman–Crippen LogP) is 3.92. The van der Waals surface area contributed by atoms with Crippen LogP contribution in [0.15, 0.2) is 71.5 Å². The maximum atomic E-state index is 14.2. The van der Waals surface area contributed by atoms with Crippen molar-refractivity contribution >= 4 is 33.4 Å². The Hall–Kier alpha value is -3.71. The lowest BCUT2D eigenvalue weighted by molar-refractivity contribution is -0.122. The van der Waals surface area contributed by atoms with E-state index in [9.17, 15) is 14.0 Å². The molecular formula is C28H29FN4O2. The van der Waals surface area contributed by atoms with Gasteiger partial charge < -0.3 is 19.7 Å². The number of carbonyl (C=O) groups is 1. The number of halogens is 1. The minimum Gasteiger partial charge on any atom is -0.369 e. The van der Waals surface area contributed by atoms with Crippen LogP contribution in [0.4, 0.5) is 10.1 Å². The summed E-state index contributed by atoms with van der Waals surface area (Å²) in [5, 5.41) is 4.22. The van der Waals surface area contributed by atoms with Gasteiger partial charge in [-0.2, -0.15) is 0 Å². The van der Waals surface area contributed by atoms with Crippen LogP contribution in [0.2, 0.25) is 0 Å². The number of likely N-dealkylation sites (N-methyl/N-ethyl adjacent to an activating group) is 1. The van der Waals surface area contributed by atoms with Gasteiger partial charge in [0.05, 0.1) is 17.1 Å². The van der Waals surface area contributed by atoms with E-state index in [1.807, 2.05) is 47.9 Å². The first kappa shape index (κ1) is 23.1. The number of amides is 1. The van der Waals surface area contributed by atoms with Crippen molar-refractivity contribution < 1.29 is 9.18 Å². The van der Waals surface area contributed by atoms with Gasteiger partial charge in [-0.15, -0.1) is 0 Å². The molecule has 1 unspecified atom stereocenters. The van der Waals surface area contributed by atoms with E-state index in [1.165, 1.54) is 12.1 Å². The average Bonchev–Trinajstić information content (AvgIpc) is 2.87. The number of carbonyl (C=O) groups excluding carboxylic acids is 1. The highest BCUT2D eigenvalue weighted by molar-refractivity contribution is 5.94.